The molecule has 1 aromatic rings. The van der Waals surface area contributed by atoms with E-state index in [2.05, 4.69) is 17.3 Å². The molecule has 3 N–H and O–H groups in total. The second-order valence-electron chi connectivity index (χ2n) is 5.58. The van der Waals surface area contributed by atoms with E-state index in [0.29, 0.717) is 6.42 Å². The molecule has 0 spiro atoms. The van der Waals surface area contributed by atoms with Gasteiger partial charge in [-0.05, 0) is 56.5 Å². The molecule has 104 valence electrons. The SMILES string of the molecule is Cc1cc(N)ccc1NC(=O)CCN(C)CC1CC1. The summed E-state index contributed by atoms with van der Waals surface area (Å²) in [5.74, 6) is 0.933. The summed E-state index contributed by atoms with van der Waals surface area (Å²) in [5.41, 5.74) is 8.26. The van der Waals surface area contributed by atoms with Gasteiger partial charge in [-0.2, -0.15) is 0 Å². The first-order valence-electron chi connectivity index (χ1n) is 6.89. The van der Waals surface area contributed by atoms with Gasteiger partial charge in [0.1, 0.15) is 0 Å². The normalized spacial score (nSPS) is 14.7. The lowest BCUT2D eigenvalue weighted by Crippen LogP contribution is -2.26. The van der Waals surface area contributed by atoms with E-state index in [-0.39, 0.29) is 5.91 Å². The van der Waals surface area contributed by atoms with Gasteiger partial charge >= 0.3 is 0 Å². The highest BCUT2D eigenvalue weighted by Crippen LogP contribution is 2.29. The van der Waals surface area contributed by atoms with E-state index in [0.717, 1.165) is 35.9 Å². The van der Waals surface area contributed by atoms with Crippen LogP contribution in [0.3, 0.4) is 0 Å². The molecule has 1 fully saturated rings. The van der Waals surface area contributed by atoms with Crippen molar-refractivity contribution < 1.29 is 4.79 Å². The number of benzene rings is 1. The van der Waals surface area contributed by atoms with Crippen LogP contribution in [0.15, 0.2) is 18.2 Å². The molecule has 0 radical (unpaired) electrons. The second-order valence-corrected chi connectivity index (χ2v) is 5.58. The molecule has 19 heavy (non-hydrogen) atoms. The Morgan fingerprint density at radius 2 is 2.21 bits per heavy atom. The Labute approximate surface area is 115 Å². The van der Waals surface area contributed by atoms with Gasteiger partial charge in [-0.25, -0.2) is 0 Å². The Morgan fingerprint density at radius 1 is 1.47 bits per heavy atom. The van der Waals surface area contributed by atoms with Crippen LogP contribution in [0.25, 0.3) is 0 Å². The lowest BCUT2D eigenvalue weighted by molar-refractivity contribution is -0.116. The zero-order valence-electron chi connectivity index (χ0n) is 11.8. The minimum absolute atomic E-state index is 0.0653. The summed E-state index contributed by atoms with van der Waals surface area (Å²) < 4.78 is 0. The number of carbonyl (C=O) groups excluding carboxylic acids is 1. The number of nitrogens with zero attached hydrogens (tertiary/aromatic N) is 1. The van der Waals surface area contributed by atoms with Gasteiger partial charge in [0.2, 0.25) is 5.91 Å². The molecule has 0 aromatic heterocycles. The van der Waals surface area contributed by atoms with Crippen LogP contribution in [0.5, 0.6) is 0 Å². The highest BCUT2D eigenvalue weighted by atomic mass is 16.1. The molecule has 0 bridgehead atoms. The molecule has 4 heteroatoms. The van der Waals surface area contributed by atoms with Crippen molar-refractivity contribution in [3.8, 4) is 0 Å². The standard InChI is InChI=1S/C15H23N3O/c1-11-9-13(16)5-6-14(11)17-15(19)7-8-18(2)10-12-3-4-12/h5-6,9,12H,3-4,7-8,10,16H2,1-2H3,(H,17,19). The highest BCUT2D eigenvalue weighted by Gasteiger charge is 2.22. The molecule has 4 nitrogen and oxygen atoms in total. The summed E-state index contributed by atoms with van der Waals surface area (Å²) in [6, 6.07) is 5.53. The molecular weight excluding hydrogens is 238 g/mol. The fourth-order valence-corrected chi connectivity index (χ4v) is 2.16. The summed E-state index contributed by atoms with van der Waals surface area (Å²) in [6.07, 6.45) is 3.23. The van der Waals surface area contributed by atoms with Gasteiger partial charge in [0, 0.05) is 30.9 Å². The van der Waals surface area contributed by atoms with Crippen molar-refractivity contribution in [1.82, 2.24) is 4.90 Å². The maximum absolute atomic E-state index is 11.9. The Morgan fingerprint density at radius 3 is 2.84 bits per heavy atom. The molecule has 1 aromatic carbocycles. The molecule has 0 heterocycles. The van der Waals surface area contributed by atoms with Crippen LogP contribution in [-0.4, -0.2) is 30.9 Å². The van der Waals surface area contributed by atoms with Crippen molar-refractivity contribution in [3.05, 3.63) is 23.8 Å². The number of aryl methyl sites for hydroxylation is 1. The van der Waals surface area contributed by atoms with Crippen molar-refractivity contribution in [2.45, 2.75) is 26.2 Å². The van der Waals surface area contributed by atoms with Crippen LogP contribution in [-0.2, 0) is 4.79 Å². The largest absolute Gasteiger partial charge is 0.399 e. The van der Waals surface area contributed by atoms with Crippen molar-refractivity contribution in [1.29, 1.82) is 0 Å². The summed E-state index contributed by atoms with van der Waals surface area (Å²) in [6.45, 7) is 3.88. The Balaban J connectivity index is 1.76. The number of amides is 1. The second kappa shape index (κ2) is 6.06. The molecule has 0 atom stereocenters. The van der Waals surface area contributed by atoms with Gasteiger partial charge in [0.25, 0.3) is 0 Å². The van der Waals surface area contributed by atoms with E-state index in [4.69, 9.17) is 5.73 Å². The number of rotatable bonds is 6. The quantitative estimate of drug-likeness (QED) is 0.772. The van der Waals surface area contributed by atoms with Crippen LogP contribution >= 0.6 is 0 Å². The van der Waals surface area contributed by atoms with Crippen LogP contribution in [0.4, 0.5) is 11.4 Å². The first-order chi connectivity index (χ1) is 9.04. The van der Waals surface area contributed by atoms with Gasteiger partial charge in [0.15, 0.2) is 0 Å². The summed E-state index contributed by atoms with van der Waals surface area (Å²) in [7, 11) is 2.08. The highest BCUT2D eigenvalue weighted by molar-refractivity contribution is 5.91. The Kier molecular flexibility index (Phi) is 4.43. The third-order valence-electron chi connectivity index (χ3n) is 3.51. The Bertz CT molecular complexity index is 455. The molecule has 1 amide bonds. The number of carbonyl (C=O) groups is 1. The third-order valence-corrected chi connectivity index (χ3v) is 3.51. The maximum atomic E-state index is 11.9. The number of hydrogen-bond acceptors (Lipinski definition) is 3. The fraction of sp³-hybridized carbons (Fsp3) is 0.533. The van der Waals surface area contributed by atoms with Crippen molar-refractivity contribution in [2.24, 2.45) is 5.92 Å². The molecular formula is C15H23N3O. The van der Waals surface area contributed by atoms with Crippen LogP contribution in [0.1, 0.15) is 24.8 Å². The monoisotopic (exact) mass is 261 g/mol. The van der Waals surface area contributed by atoms with Gasteiger partial charge in [0.05, 0.1) is 0 Å². The van der Waals surface area contributed by atoms with Crippen molar-refractivity contribution >= 4 is 17.3 Å². The Hall–Kier alpha value is -1.55. The van der Waals surface area contributed by atoms with Gasteiger partial charge in [-0.3, -0.25) is 4.79 Å². The van der Waals surface area contributed by atoms with E-state index < -0.39 is 0 Å². The number of nitrogen functional groups attached to an aromatic ring is 1. The van der Waals surface area contributed by atoms with Crippen LogP contribution in [0, 0.1) is 12.8 Å². The molecule has 1 saturated carbocycles. The van der Waals surface area contributed by atoms with E-state index in [1.807, 2.05) is 25.1 Å². The molecule has 1 aliphatic carbocycles. The molecule has 0 aliphatic heterocycles. The average molecular weight is 261 g/mol. The van der Waals surface area contributed by atoms with Gasteiger partial charge < -0.3 is 16.0 Å². The number of nitrogens with two attached hydrogens (primary N) is 1. The average Bonchev–Trinajstić information content (AvgIpc) is 3.14. The van der Waals surface area contributed by atoms with Crippen LogP contribution < -0.4 is 11.1 Å². The van der Waals surface area contributed by atoms with E-state index in [9.17, 15) is 4.79 Å². The van der Waals surface area contributed by atoms with Crippen LogP contribution in [0.2, 0.25) is 0 Å². The van der Waals surface area contributed by atoms with Gasteiger partial charge in [-0.1, -0.05) is 0 Å². The maximum Gasteiger partial charge on any atom is 0.225 e. The number of hydrogen-bond donors (Lipinski definition) is 2. The summed E-state index contributed by atoms with van der Waals surface area (Å²) in [4.78, 5) is 14.1. The lowest BCUT2D eigenvalue weighted by Gasteiger charge is -2.16. The fourth-order valence-electron chi connectivity index (χ4n) is 2.16. The predicted molar refractivity (Wildman–Crippen MR) is 79.1 cm³/mol. The zero-order valence-corrected chi connectivity index (χ0v) is 11.8. The number of anilines is 2. The molecule has 1 aliphatic rings. The van der Waals surface area contributed by atoms with E-state index in [1.165, 1.54) is 12.8 Å². The van der Waals surface area contributed by atoms with Gasteiger partial charge in [-0.15, -0.1) is 0 Å². The molecule has 0 saturated heterocycles. The predicted octanol–water partition coefficient (Wildman–Crippen LogP) is 2.25. The first kappa shape index (κ1) is 13.9. The zero-order chi connectivity index (χ0) is 13.8. The molecule has 2 rings (SSSR count). The van der Waals surface area contributed by atoms with Crippen molar-refractivity contribution in [2.75, 3.05) is 31.2 Å². The summed E-state index contributed by atoms with van der Waals surface area (Å²) in [5, 5.41) is 2.94. The first-order valence-corrected chi connectivity index (χ1v) is 6.89. The molecule has 0 unspecified atom stereocenters. The smallest absolute Gasteiger partial charge is 0.225 e. The lowest BCUT2D eigenvalue weighted by atomic mass is 10.2. The van der Waals surface area contributed by atoms with Crippen molar-refractivity contribution in [3.63, 3.8) is 0 Å². The summed E-state index contributed by atoms with van der Waals surface area (Å²) >= 11 is 0. The minimum Gasteiger partial charge on any atom is -0.399 e. The minimum atomic E-state index is 0.0653. The topological polar surface area (TPSA) is 58.4 Å². The van der Waals surface area contributed by atoms with E-state index in [1.54, 1.807) is 0 Å². The van der Waals surface area contributed by atoms with E-state index >= 15 is 0 Å². The number of nitrogens with one attached hydrogen (secondary N) is 1. The third kappa shape index (κ3) is 4.56.